The molecule has 0 aliphatic carbocycles. The molecule has 1 atom stereocenters. The Hall–Kier alpha value is -0.240. The summed E-state index contributed by atoms with van der Waals surface area (Å²) in [5, 5.41) is 2.87. The lowest BCUT2D eigenvalue weighted by atomic mass is 10.2. The number of nitrogens with one attached hydrogen (secondary N) is 1. The molecule has 2 nitrogen and oxygen atoms in total. The van der Waals surface area contributed by atoms with Gasteiger partial charge in [0.1, 0.15) is 0 Å². The Balaban J connectivity index is 3.27. The van der Waals surface area contributed by atoms with Crippen molar-refractivity contribution in [3.8, 4) is 0 Å². The minimum Gasteiger partial charge on any atom is -0.356 e. The van der Waals surface area contributed by atoms with Crippen LogP contribution in [0.2, 0.25) is 0 Å². The summed E-state index contributed by atoms with van der Waals surface area (Å²) in [7, 11) is 0. The van der Waals surface area contributed by atoms with Crippen molar-refractivity contribution in [1.29, 1.82) is 0 Å². The first kappa shape index (κ1) is 12.8. The van der Waals surface area contributed by atoms with E-state index in [1.54, 1.807) is 0 Å². The number of rotatable bonds is 7. The van der Waals surface area contributed by atoms with Crippen molar-refractivity contribution < 1.29 is 4.79 Å². The SMILES string of the molecule is CCCCCCNC(=O)C(C)CCl. The number of alkyl halides is 1. The fraction of sp³-hybridized carbons (Fsp3) is 0.900. The smallest absolute Gasteiger partial charge is 0.224 e. The summed E-state index contributed by atoms with van der Waals surface area (Å²) in [4.78, 5) is 11.2. The third-order valence-corrected chi connectivity index (χ3v) is 2.47. The molecule has 0 bridgehead atoms. The number of hydrogen-bond donors (Lipinski definition) is 1. The van der Waals surface area contributed by atoms with E-state index in [2.05, 4.69) is 12.2 Å². The molecule has 0 fully saturated rings. The van der Waals surface area contributed by atoms with Crippen LogP contribution in [-0.4, -0.2) is 18.3 Å². The highest BCUT2D eigenvalue weighted by Crippen LogP contribution is 1.99. The largest absolute Gasteiger partial charge is 0.356 e. The fourth-order valence-electron chi connectivity index (χ4n) is 1.01. The van der Waals surface area contributed by atoms with Crippen molar-refractivity contribution >= 4 is 17.5 Å². The molecule has 0 saturated heterocycles. The minimum absolute atomic E-state index is 0.0622. The number of amides is 1. The Morgan fingerprint density at radius 1 is 1.38 bits per heavy atom. The van der Waals surface area contributed by atoms with Crippen molar-refractivity contribution in [2.45, 2.75) is 39.5 Å². The first-order valence-electron chi connectivity index (χ1n) is 5.06. The van der Waals surface area contributed by atoms with Gasteiger partial charge in [-0.3, -0.25) is 4.79 Å². The van der Waals surface area contributed by atoms with E-state index in [1.807, 2.05) is 6.92 Å². The number of hydrogen-bond acceptors (Lipinski definition) is 1. The van der Waals surface area contributed by atoms with E-state index in [0.717, 1.165) is 13.0 Å². The average Bonchev–Trinajstić information content (AvgIpc) is 2.16. The maximum Gasteiger partial charge on any atom is 0.224 e. The van der Waals surface area contributed by atoms with E-state index in [9.17, 15) is 4.79 Å². The molecule has 0 aromatic carbocycles. The highest BCUT2D eigenvalue weighted by molar-refractivity contribution is 6.19. The lowest BCUT2D eigenvalue weighted by Crippen LogP contribution is -2.30. The molecule has 0 aromatic rings. The van der Waals surface area contributed by atoms with Crippen LogP contribution in [0.1, 0.15) is 39.5 Å². The normalized spacial score (nSPS) is 12.5. The van der Waals surface area contributed by atoms with E-state index in [0.29, 0.717) is 5.88 Å². The topological polar surface area (TPSA) is 29.1 Å². The third kappa shape index (κ3) is 6.88. The van der Waals surface area contributed by atoms with Crippen molar-refractivity contribution in [2.24, 2.45) is 5.92 Å². The second-order valence-corrected chi connectivity index (χ2v) is 3.72. The van der Waals surface area contributed by atoms with Crippen LogP contribution in [-0.2, 0) is 4.79 Å². The molecule has 0 saturated carbocycles. The average molecular weight is 206 g/mol. The minimum atomic E-state index is -0.0622. The van der Waals surface area contributed by atoms with Crippen molar-refractivity contribution in [3.63, 3.8) is 0 Å². The van der Waals surface area contributed by atoms with Crippen LogP contribution < -0.4 is 5.32 Å². The second-order valence-electron chi connectivity index (χ2n) is 3.41. The summed E-state index contributed by atoms with van der Waals surface area (Å²) in [5.74, 6) is 0.417. The van der Waals surface area contributed by atoms with Gasteiger partial charge in [0, 0.05) is 18.3 Å². The Morgan fingerprint density at radius 2 is 2.08 bits per heavy atom. The Morgan fingerprint density at radius 3 is 2.62 bits per heavy atom. The molecule has 0 aliphatic heterocycles. The van der Waals surface area contributed by atoms with E-state index in [4.69, 9.17) is 11.6 Å². The molecular formula is C10H20ClNO. The van der Waals surface area contributed by atoms with E-state index in [1.165, 1.54) is 19.3 Å². The highest BCUT2D eigenvalue weighted by atomic mass is 35.5. The molecular weight excluding hydrogens is 186 g/mol. The Kier molecular flexibility index (Phi) is 8.21. The number of carbonyl (C=O) groups is 1. The maximum absolute atomic E-state index is 11.2. The van der Waals surface area contributed by atoms with Gasteiger partial charge in [0.2, 0.25) is 5.91 Å². The van der Waals surface area contributed by atoms with Gasteiger partial charge in [0.25, 0.3) is 0 Å². The van der Waals surface area contributed by atoms with Crippen LogP contribution in [0.15, 0.2) is 0 Å². The van der Waals surface area contributed by atoms with Gasteiger partial charge in [-0.05, 0) is 6.42 Å². The molecule has 0 rings (SSSR count). The Labute approximate surface area is 86.0 Å². The molecule has 0 spiro atoms. The molecule has 78 valence electrons. The second kappa shape index (κ2) is 8.36. The van der Waals surface area contributed by atoms with E-state index < -0.39 is 0 Å². The fourth-order valence-corrected chi connectivity index (χ4v) is 1.15. The van der Waals surface area contributed by atoms with Crippen molar-refractivity contribution in [2.75, 3.05) is 12.4 Å². The monoisotopic (exact) mass is 205 g/mol. The third-order valence-electron chi connectivity index (χ3n) is 2.01. The molecule has 1 amide bonds. The number of unbranched alkanes of at least 4 members (excludes halogenated alkanes) is 3. The van der Waals surface area contributed by atoms with Gasteiger partial charge in [-0.15, -0.1) is 11.6 Å². The quantitative estimate of drug-likeness (QED) is 0.503. The van der Waals surface area contributed by atoms with E-state index in [-0.39, 0.29) is 11.8 Å². The molecule has 1 N–H and O–H groups in total. The summed E-state index contributed by atoms with van der Waals surface area (Å²) in [6.07, 6.45) is 4.76. The van der Waals surface area contributed by atoms with Gasteiger partial charge < -0.3 is 5.32 Å². The van der Waals surface area contributed by atoms with Crippen LogP contribution in [0.4, 0.5) is 0 Å². The van der Waals surface area contributed by atoms with Gasteiger partial charge in [-0.1, -0.05) is 33.1 Å². The van der Waals surface area contributed by atoms with Gasteiger partial charge in [0.05, 0.1) is 0 Å². The van der Waals surface area contributed by atoms with Gasteiger partial charge >= 0.3 is 0 Å². The predicted molar refractivity (Wildman–Crippen MR) is 57.0 cm³/mol. The molecule has 0 aliphatic rings. The lowest BCUT2D eigenvalue weighted by Gasteiger charge is -2.08. The van der Waals surface area contributed by atoms with Gasteiger partial charge in [-0.25, -0.2) is 0 Å². The lowest BCUT2D eigenvalue weighted by molar-refractivity contribution is -0.123. The zero-order valence-electron chi connectivity index (χ0n) is 8.61. The number of carbonyl (C=O) groups excluding carboxylic acids is 1. The summed E-state index contributed by atoms with van der Waals surface area (Å²) >= 11 is 5.55. The summed E-state index contributed by atoms with van der Waals surface area (Å²) < 4.78 is 0. The molecule has 1 unspecified atom stereocenters. The zero-order chi connectivity index (χ0) is 10.1. The van der Waals surface area contributed by atoms with Crippen LogP contribution in [0.3, 0.4) is 0 Å². The highest BCUT2D eigenvalue weighted by Gasteiger charge is 2.09. The first-order chi connectivity index (χ1) is 6.22. The molecule has 0 heterocycles. The van der Waals surface area contributed by atoms with Crippen LogP contribution >= 0.6 is 11.6 Å². The van der Waals surface area contributed by atoms with Crippen LogP contribution in [0, 0.1) is 5.92 Å². The van der Waals surface area contributed by atoms with Gasteiger partial charge in [-0.2, -0.15) is 0 Å². The molecule has 0 aromatic heterocycles. The maximum atomic E-state index is 11.2. The summed E-state index contributed by atoms with van der Waals surface area (Å²) in [5.41, 5.74) is 0. The molecule has 0 radical (unpaired) electrons. The summed E-state index contributed by atoms with van der Waals surface area (Å²) in [6, 6.07) is 0. The van der Waals surface area contributed by atoms with Crippen LogP contribution in [0.5, 0.6) is 0 Å². The molecule has 3 heteroatoms. The Bertz CT molecular complexity index is 139. The van der Waals surface area contributed by atoms with Crippen LogP contribution in [0.25, 0.3) is 0 Å². The zero-order valence-corrected chi connectivity index (χ0v) is 9.36. The summed E-state index contributed by atoms with van der Waals surface area (Å²) in [6.45, 7) is 4.81. The first-order valence-corrected chi connectivity index (χ1v) is 5.59. The predicted octanol–water partition coefficient (Wildman–Crippen LogP) is 2.56. The molecule has 13 heavy (non-hydrogen) atoms. The van der Waals surface area contributed by atoms with Crippen molar-refractivity contribution in [1.82, 2.24) is 5.32 Å². The van der Waals surface area contributed by atoms with Crippen molar-refractivity contribution in [3.05, 3.63) is 0 Å². The standard InChI is InChI=1S/C10H20ClNO/c1-3-4-5-6-7-12-10(13)9(2)8-11/h9H,3-8H2,1-2H3,(H,12,13). The number of halogens is 1. The van der Waals surface area contributed by atoms with E-state index >= 15 is 0 Å². The van der Waals surface area contributed by atoms with Gasteiger partial charge in [0.15, 0.2) is 0 Å².